The number of nitrogens with two attached hydrogens (primary N) is 1. The molecule has 0 aliphatic rings. The zero-order valence-electron chi connectivity index (χ0n) is 16.7. The molecule has 0 spiro atoms. The van der Waals surface area contributed by atoms with Gasteiger partial charge in [0.05, 0.1) is 12.1 Å². The number of likely N-dealkylation sites (N-methyl/N-ethyl adjacent to an activating group) is 1. The number of esters is 1. The van der Waals surface area contributed by atoms with Gasteiger partial charge in [0.25, 0.3) is 5.91 Å². The second-order valence-corrected chi connectivity index (χ2v) is 7.32. The van der Waals surface area contributed by atoms with Gasteiger partial charge in [0.15, 0.2) is 12.6 Å². The Bertz CT molecular complexity index is 949. The molecule has 1 atom stereocenters. The van der Waals surface area contributed by atoms with E-state index < -0.39 is 12.0 Å². The minimum atomic E-state index is -1.03. The van der Waals surface area contributed by atoms with Crippen LogP contribution in [-0.2, 0) is 14.3 Å². The quantitative estimate of drug-likeness (QED) is 0.321. The van der Waals surface area contributed by atoms with Gasteiger partial charge in [-0.25, -0.2) is 4.79 Å². The fraction of sp³-hybridized carbons (Fsp3) is 0.250. The molecule has 10 heteroatoms. The van der Waals surface area contributed by atoms with Crippen molar-refractivity contribution in [3.05, 3.63) is 57.6 Å². The first-order valence-electron chi connectivity index (χ1n) is 8.74. The summed E-state index contributed by atoms with van der Waals surface area (Å²) in [4.78, 5) is 25.9. The monoisotopic (exact) mass is 452 g/mol. The number of benzene rings is 2. The first kappa shape index (κ1) is 23.3. The van der Waals surface area contributed by atoms with Crippen molar-refractivity contribution in [2.24, 2.45) is 5.73 Å². The smallest absolute Gasteiger partial charge is 0.333 e. The van der Waals surface area contributed by atoms with E-state index in [1.807, 2.05) is 0 Å². The van der Waals surface area contributed by atoms with Gasteiger partial charge in [-0.1, -0.05) is 23.2 Å². The molecule has 1 amide bonds. The lowest BCUT2D eigenvalue weighted by Crippen LogP contribution is -2.28. The highest BCUT2D eigenvalue weighted by Gasteiger charge is 2.28. The Balaban J connectivity index is 2.43. The highest BCUT2D eigenvalue weighted by molar-refractivity contribution is 6.35. The molecule has 2 aromatic rings. The number of nitrogens with one attached hydrogen (secondary N) is 2. The first-order chi connectivity index (χ1) is 14.1. The van der Waals surface area contributed by atoms with Crippen molar-refractivity contribution in [2.45, 2.75) is 6.04 Å². The maximum absolute atomic E-state index is 12.6. The van der Waals surface area contributed by atoms with Crippen LogP contribution < -0.4 is 15.8 Å². The minimum absolute atomic E-state index is 0.0751. The molecule has 0 saturated heterocycles. The van der Waals surface area contributed by atoms with E-state index in [9.17, 15) is 9.59 Å². The van der Waals surface area contributed by atoms with Crippen LogP contribution in [0.5, 0.6) is 5.75 Å². The molecular weight excluding hydrogens is 431 g/mol. The van der Waals surface area contributed by atoms with E-state index in [4.69, 9.17) is 43.8 Å². The predicted octanol–water partition coefficient (Wildman–Crippen LogP) is 3.07. The molecule has 0 heterocycles. The van der Waals surface area contributed by atoms with E-state index in [0.29, 0.717) is 16.8 Å². The summed E-state index contributed by atoms with van der Waals surface area (Å²) in [6.07, 6.45) is 0. The third kappa shape index (κ3) is 5.77. The molecular formula is C20H22Cl2N4O4. The van der Waals surface area contributed by atoms with Crippen LogP contribution in [0.1, 0.15) is 17.2 Å². The van der Waals surface area contributed by atoms with Gasteiger partial charge in [-0.05, 0) is 36.4 Å². The van der Waals surface area contributed by atoms with E-state index in [1.54, 1.807) is 38.4 Å². The number of ether oxygens (including phenoxy) is 2. The zero-order valence-corrected chi connectivity index (χ0v) is 18.2. The van der Waals surface area contributed by atoms with Crippen molar-refractivity contribution >= 4 is 46.6 Å². The molecule has 0 aliphatic heterocycles. The van der Waals surface area contributed by atoms with Crippen molar-refractivity contribution in [2.75, 3.05) is 33.1 Å². The third-order valence-electron chi connectivity index (χ3n) is 4.13. The van der Waals surface area contributed by atoms with Crippen LogP contribution in [0.3, 0.4) is 0 Å². The highest BCUT2D eigenvalue weighted by atomic mass is 35.5. The van der Waals surface area contributed by atoms with Crippen LogP contribution in [0.25, 0.3) is 0 Å². The first-order valence-corrected chi connectivity index (χ1v) is 9.50. The van der Waals surface area contributed by atoms with Crippen molar-refractivity contribution in [1.29, 1.82) is 5.41 Å². The average Bonchev–Trinajstić information content (AvgIpc) is 2.70. The SMILES string of the molecule is COC(=O)C(Nc1ccc(C(=N)N)cc1)c1cc(Cl)cc(Cl)c1OCC(=O)N(C)C. The van der Waals surface area contributed by atoms with E-state index in [2.05, 4.69) is 5.32 Å². The molecule has 0 bridgehead atoms. The fourth-order valence-corrected chi connectivity index (χ4v) is 3.07. The maximum Gasteiger partial charge on any atom is 0.333 e. The van der Waals surface area contributed by atoms with Crippen molar-refractivity contribution in [1.82, 2.24) is 4.90 Å². The summed E-state index contributed by atoms with van der Waals surface area (Å²) in [6, 6.07) is 8.54. The summed E-state index contributed by atoms with van der Waals surface area (Å²) in [5.74, 6) is -0.837. The lowest BCUT2D eigenvalue weighted by molar-refractivity contribution is -0.141. The third-order valence-corrected chi connectivity index (χ3v) is 4.63. The van der Waals surface area contributed by atoms with Gasteiger partial charge < -0.3 is 25.4 Å². The molecule has 1 unspecified atom stereocenters. The number of hydrogen-bond acceptors (Lipinski definition) is 6. The second kappa shape index (κ2) is 10.2. The number of nitrogens with zero attached hydrogens (tertiary/aromatic N) is 1. The normalized spacial score (nSPS) is 11.4. The molecule has 2 aromatic carbocycles. The van der Waals surface area contributed by atoms with Gasteiger partial charge in [-0.2, -0.15) is 0 Å². The van der Waals surface area contributed by atoms with E-state index in [0.717, 1.165) is 0 Å². The number of rotatable bonds is 8. The number of amidine groups is 1. The standard InChI is InChI=1S/C20H22Cl2N4O4/c1-26(2)16(27)10-30-18-14(8-12(21)9-15(18)22)17(20(28)29-3)25-13-6-4-11(5-7-13)19(23)24/h4-9,17,25H,10H2,1-3H3,(H3,23,24). The molecule has 0 saturated carbocycles. The van der Waals surface area contributed by atoms with Crippen LogP contribution in [0.4, 0.5) is 5.69 Å². The Hall–Kier alpha value is -2.97. The van der Waals surface area contributed by atoms with Crippen molar-refractivity contribution < 1.29 is 19.1 Å². The molecule has 4 N–H and O–H groups in total. The maximum atomic E-state index is 12.6. The lowest BCUT2D eigenvalue weighted by Gasteiger charge is -2.22. The molecule has 0 radical (unpaired) electrons. The number of carbonyl (C=O) groups excluding carboxylic acids is 2. The summed E-state index contributed by atoms with van der Waals surface area (Å²) in [5, 5.41) is 10.9. The molecule has 160 valence electrons. The number of amides is 1. The number of halogens is 2. The fourth-order valence-electron chi connectivity index (χ4n) is 2.50. The summed E-state index contributed by atoms with van der Waals surface area (Å²) >= 11 is 12.4. The van der Waals surface area contributed by atoms with E-state index in [1.165, 1.54) is 24.1 Å². The van der Waals surface area contributed by atoms with Gasteiger partial charge >= 0.3 is 5.97 Å². The van der Waals surface area contributed by atoms with Crippen LogP contribution >= 0.6 is 23.2 Å². The number of methoxy groups -OCH3 is 1. The predicted molar refractivity (Wildman–Crippen MR) is 116 cm³/mol. The molecule has 30 heavy (non-hydrogen) atoms. The van der Waals surface area contributed by atoms with E-state index in [-0.39, 0.29) is 34.1 Å². The van der Waals surface area contributed by atoms with Crippen molar-refractivity contribution in [3.63, 3.8) is 0 Å². The Morgan fingerprint density at radius 3 is 2.37 bits per heavy atom. The van der Waals surface area contributed by atoms with Crippen LogP contribution in [0.15, 0.2) is 36.4 Å². The molecule has 8 nitrogen and oxygen atoms in total. The van der Waals surface area contributed by atoms with Crippen LogP contribution in [-0.4, -0.2) is 50.4 Å². The largest absolute Gasteiger partial charge is 0.482 e. The number of anilines is 1. The Morgan fingerprint density at radius 1 is 1.20 bits per heavy atom. The summed E-state index contributed by atoms with van der Waals surface area (Å²) in [7, 11) is 4.44. The summed E-state index contributed by atoms with van der Waals surface area (Å²) < 4.78 is 10.6. The van der Waals surface area contributed by atoms with Gasteiger partial charge in [-0.15, -0.1) is 0 Å². The Kier molecular flexibility index (Phi) is 7.91. The lowest BCUT2D eigenvalue weighted by atomic mass is 10.0. The molecule has 0 fully saturated rings. The van der Waals surface area contributed by atoms with Crippen molar-refractivity contribution in [3.8, 4) is 5.75 Å². The number of carbonyl (C=O) groups is 2. The minimum Gasteiger partial charge on any atom is -0.482 e. The summed E-state index contributed by atoms with van der Waals surface area (Å²) in [5.41, 5.74) is 6.87. The number of hydrogen-bond donors (Lipinski definition) is 3. The van der Waals surface area contributed by atoms with Crippen LogP contribution in [0, 0.1) is 5.41 Å². The molecule has 2 rings (SSSR count). The van der Waals surface area contributed by atoms with Gasteiger partial charge in [0.1, 0.15) is 11.6 Å². The zero-order chi connectivity index (χ0) is 22.4. The molecule has 0 aliphatic carbocycles. The molecule has 0 aromatic heterocycles. The Labute approximate surface area is 184 Å². The van der Waals surface area contributed by atoms with Gasteiger partial charge in [0, 0.05) is 35.9 Å². The van der Waals surface area contributed by atoms with Gasteiger partial charge in [-0.3, -0.25) is 10.2 Å². The summed E-state index contributed by atoms with van der Waals surface area (Å²) in [6.45, 7) is -0.275. The average molecular weight is 453 g/mol. The second-order valence-electron chi connectivity index (χ2n) is 6.47. The Morgan fingerprint density at radius 2 is 1.83 bits per heavy atom. The number of nitrogen functional groups attached to an aromatic ring is 1. The van der Waals surface area contributed by atoms with E-state index >= 15 is 0 Å². The topological polar surface area (TPSA) is 118 Å². The van der Waals surface area contributed by atoms with Crippen LogP contribution in [0.2, 0.25) is 10.0 Å². The highest BCUT2D eigenvalue weighted by Crippen LogP contribution is 2.38. The van der Waals surface area contributed by atoms with Gasteiger partial charge in [0.2, 0.25) is 0 Å².